The van der Waals surface area contributed by atoms with Crippen LogP contribution in [-0.4, -0.2) is 56.4 Å². The van der Waals surface area contributed by atoms with Crippen molar-refractivity contribution in [2.24, 2.45) is 0 Å². The quantitative estimate of drug-likeness (QED) is 0.0159. The molecular weight excluding hydrogens is 1200 g/mol. The highest BCUT2D eigenvalue weighted by Crippen LogP contribution is 2.16. The summed E-state index contributed by atoms with van der Waals surface area (Å²) in [6.45, 7) is 0. The highest BCUT2D eigenvalue weighted by molar-refractivity contribution is 6.04. The second-order valence-electron chi connectivity index (χ2n) is 25.2. The van der Waals surface area contributed by atoms with E-state index in [0.717, 1.165) is 135 Å². The Morgan fingerprint density at radius 1 is 0.265 bits per heavy atom. The van der Waals surface area contributed by atoms with Crippen LogP contribution in [0.4, 0.5) is 0 Å². The zero-order chi connectivity index (χ0) is 71.4. The number of carbonyl (C=O) groups excluding carboxylic acids is 2. The number of rotatable bonds is 60. The number of allylic oxidation sites excluding steroid dienone is 18. The van der Waals surface area contributed by atoms with Gasteiger partial charge in [0.05, 0.1) is 0 Å². The molecular formula is C92H132O6. The summed E-state index contributed by atoms with van der Waals surface area (Å²) in [7, 11) is 0. The summed E-state index contributed by atoms with van der Waals surface area (Å²) in [5.41, 5.74) is 0. The Hall–Kier alpha value is -6.94. The van der Waals surface area contributed by atoms with Gasteiger partial charge in [-0.05, 0) is 215 Å². The lowest BCUT2D eigenvalue weighted by Crippen LogP contribution is -1.97. The van der Waals surface area contributed by atoms with Crippen LogP contribution in [0.15, 0.2) is 122 Å². The molecule has 0 unspecified atom stereocenters. The maximum Gasteiger partial charge on any atom is 0.228 e. The second-order valence-corrected chi connectivity index (χ2v) is 25.2. The molecule has 0 rings (SSSR count). The van der Waals surface area contributed by atoms with Crippen LogP contribution in [0.1, 0.15) is 321 Å². The molecule has 98 heavy (non-hydrogen) atoms. The van der Waals surface area contributed by atoms with E-state index in [-0.39, 0.29) is 11.6 Å². The first-order valence-corrected chi connectivity index (χ1v) is 38.4. The topological polar surface area (TPSA) is 115 Å². The molecule has 0 aliphatic heterocycles. The first-order chi connectivity index (χ1) is 48.2. The summed E-state index contributed by atoms with van der Waals surface area (Å²) in [6, 6.07) is 0. The number of ketones is 2. The maximum absolute atomic E-state index is 11.0. The first kappa shape index (κ1) is 93.1. The lowest BCUT2D eigenvalue weighted by molar-refractivity contribution is -0.110. The summed E-state index contributed by atoms with van der Waals surface area (Å²) in [4.78, 5) is 21.9. The number of terminal acetylenes is 4. The van der Waals surface area contributed by atoms with Crippen molar-refractivity contribution in [3.8, 4) is 96.7 Å². The van der Waals surface area contributed by atoms with Crippen molar-refractivity contribution in [1.29, 1.82) is 0 Å². The van der Waals surface area contributed by atoms with E-state index in [4.69, 9.17) is 25.7 Å². The molecule has 0 bridgehead atoms. The van der Waals surface area contributed by atoms with Crippen molar-refractivity contribution in [3.63, 3.8) is 0 Å². The zero-order valence-corrected chi connectivity index (χ0v) is 61.1. The van der Waals surface area contributed by atoms with Gasteiger partial charge in [-0.15, -0.1) is 25.7 Å². The Morgan fingerprint density at radius 3 is 0.755 bits per heavy atom. The molecule has 0 amide bonds. The van der Waals surface area contributed by atoms with Gasteiger partial charge in [-0.2, -0.15) is 0 Å². The molecule has 4 N–H and O–H groups in total. The van der Waals surface area contributed by atoms with Crippen LogP contribution >= 0.6 is 0 Å². The van der Waals surface area contributed by atoms with Gasteiger partial charge in [0.1, 0.15) is 12.2 Å². The highest BCUT2D eigenvalue weighted by atomic mass is 16.3. The summed E-state index contributed by atoms with van der Waals surface area (Å²) in [5.74, 6) is 31.4. The third kappa shape index (κ3) is 83.3. The Bertz CT molecular complexity index is 2660. The number of unbranched alkanes of at least 4 members (excludes halogenated alkanes) is 42. The molecule has 0 heterocycles. The van der Waals surface area contributed by atoms with Gasteiger partial charge in [0.2, 0.25) is 11.6 Å². The van der Waals surface area contributed by atoms with E-state index in [0.29, 0.717) is 0 Å². The number of carbonyl (C=O) groups is 2. The van der Waals surface area contributed by atoms with Crippen molar-refractivity contribution in [3.05, 3.63) is 122 Å². The predicted octanol–water partition coefficient (Wildman–Crippen LogP) is 22.2. The van der Waals surface area contributed by atoms with Gasteiger partial charge in [0.25, 0.3) is 0 Å². The van der Waals surface area contributed by atoms with Crippen LogP contribution in [-0.2, 0) is 9.59 Å². The molecule has 0 saturated heterocycles. The van der Waals surface area contributed by atoms with Gasteiger partial charge < -0.3 is 20.4 Å². The number of aliphatic hydroxyl groups is 4. The van der Waals surface area contributed by atoms with Crippen molar-refractivity contribution in [1.82, 2.24) is 0 Å². The molecule has 0 aromatic carbocycles. The van der Waals surface area contributed by atoms with Crippen LogP contribution in [0, 0.1) is 96.7 Å². The molecule has 0 saturated carbocycles. The lowest BCUT2D eigenvalue weighted by atomic mass is 10.0. The van der Waals surface area contributed by atoms with Crippen molar-refractivity contribution in [2.75, 3.05) is 0 Å². The van der Waals surface area contributed by atoms with Gasteiger partial charge in [-0.3, -0.25) is 9.59 Å². The van der Waals surface area contributed by atoms with Crippen molar-refractivity contribution < 1.29 is 30.0 Å². The SMILES string of the molecule is C#CC(=O)/C=C/CCCCCC/C=C\CCCCC#C[C@H](O)C#C/C=C/CC/C=C\CCCCCCCCCCCCC/C=C/[C@H](O)C#C.C#CC(=O)/C=C/CCCCCCCCCCCCC/C=C\CC/C=C/C#C[C@@H](O)C#CCCCC/C=C\CCCCCC/C=C/[C@H](O)C#C. The van der Waals surface area contributed by atoms with E-state index in [1.807, 2.05) is 36.5 Å². The van der Waals surface area contributed by atoms with E-state index >= 15 is 0 Å². The third-order valence-corrected chi connectivity index (χ3v) is 16.1. The van der Waals surface area contributed by atoms with Crippen LogP contribution < -0.4 is 0 Å². The molecule has 536 valence electrons. The fourth-order valence-corrected chi connectivity index (χ4v) is 10.3. The average Bonchev–Trinajstić information content (AvgIpc) is 3.79. The largest absolute Gasteiger partial charge is 0.377 e. The maximum atomic E-state index is 11.0. The Balaban J connectivity index is 0. The minimum Gasteiger partial charge on any atom is -0.377 e. The summed E-state index contributed by atoms with van der Waals surface area (Å²) in [6.07, 6.45) is 116. The molecule has 0 fully saturated rings. The third-order valence-electron chi connectivity index (χ3n) is 16.1. The second kappa shape index (κ2) is 82.5. The van der Waals surface area contributed by atoms with Crippen LogP contribution in [0.5, 0.6) is 0 Å². The molecule has 4 atom stereocenters. The summed E-state index contributed by atoms with van der Waals surface area (Å²) < 4.78 is 0. The fraction of sp³-hybridized carbons (Fsp3) is 0.587. The van der Waals surface area contributed by atoms with E-state index in [9.17, 15) is 30.0 Å². The van der Waals surface area contributed by atoms with E-state index in [2.05, 4.69) is 132 Å². The molecule has 0 aromatic rings. The Kier molecular flexibility index (Phi) is 78.4. The molecule has 0 aliphatic carbocycles. The summed E-state index contributed by atoms with van der Waals surface area (Å²) in [5, 5.41) is 38.4. The normalized spacial score (nSPS) is 12.7. The van der Waals surface area contributed by atoms with Crippen molar-refractivity contribution >= 4 is 11.6 Å². The van der Waals surface area contributed by atoms with E-state index < -0.39 is 24.4 Å². The number of aliphatic hydroxyl groups excluding tert-OH is 4. The minimum absolute atomic E-state index is 0.235. The summed E-state index contributed by atoms with van der Waals surface area (Å²) >= 11 is 0. The first-order valence-electron chi connectivity index (χ1n) is 38.4. The van der Waals surface area contributed by atoms with Gasteiger partial charge >= 0.3 is 0 Å². The molecule has 0 aliphatic rings. The van der Waals surface area contributed by atoms with Crippen LogP contribution in [0.2, 0.25) is 0 Å². The molecule has 6 heteroatoms. The monoisotopic (exact) mass is 1330 g/mol. The van der Waals surface area contributed by atoms with Crippen molar-refractivity contribution in [2.45, 2.75) is 345 Å². The standard InChI is InChI=1S/2C46H66O3/c2*1-3-44(47)40-36-32-28-24-20-16-12-10-8-6-5-7-9-11-13-18-22-26-30-34-38-42-46(49)43-39-35-31-27-23-19-15-14-17-21-25-29-33-37-41-45(48)4-2/h1-2,13,15,18-19,30,34,36-37,40-41,45-46,48-49H,5-12,14,16-17,20-29,31-33,35H2;1-2,13,15,18-19,30,34,36-37,40-41,44,46-47,49H,5-12,14,16-17,20-29,31-33,35H2/b2*18-13-,19-15-,34-30+,40-36+,41-37+/t45-,46-;44-,46-/m11/s1. The van der Waals surface area contributed by atoms with Gasteiger partial charge in [0.15, 0.2) is 12.2 Å². The van der Waals surface area contributed by atoms with Gasteiger partial charge in [-0.1, -0.05) is 286 Å². The minimum atomic E-state index is -0.878. The highest BCUT2D eigenvalue weighted by Gasteiger charge is 1.99. The average molecular weight is 1330 g/mol. The zero-order valence-electron chi connectivity index (χ0n) is 61.1. The van der Waals surface area contributed by atoms with Gasteiger partial charge in [0, 0.05) is 12.8 Å². The molecule has 0 radical (unpaired) electrons. The van der Waals surface area contributed by atoms with E-state index in [1.165, 1.54) is 198 Å². The lowest BCUT2D eigenvalue weighted by Gasteiger charge is -2.02. The predicted molar refractivity (Wildman–Crippen MR) is 423 cm³/mol. The van der Waals surface area contributed by atoms with Crippen LogP contribution in [0.25, 0.3) is 0 Å². The number of hydrogen-bond acceptors (Lipinski definition) is 6. The molecule has 0 aromatic heterocycles. The smallest absolute Gasteiger partial charge is 0.228 e. The fourth-order valence-electron chi connectivity index (χ4n) is 10.3. The number of hydrogen-bond donors (Lipinski definition) is 4. The molecule has 6 nitrogen and oxygen atoms in total. The van der Waals surface area contributed by atoms with Crippen LogP contribution in [0.3, 0.4) is 0 Å². The van der Waals surface area contributed by atoms with E-state index in [1.54, 1.807) is 12.2 Å². The Labute approximate surface area is 602 Å². The Morgan fingerprint density at radius 2 is 0.490 bits per heavy atom. The van der Waals surface area contributed by atoms with Gasteiger partial charge in [-0.25, -0.2) is 0 Å². The molecule has 0 spiro atoms.